The fourth-order valence-corrected chi connectivity index (χ4v) is 6.71. The van der Waals surface area contributed by atoms with Gasteiger partial charge >= 0.3 is 40.8 Å². The van der Waals surface area contributed by atoms with Gasteiger partial charge < -0.3 is 24.0 Å². The van der Waals surface area contributed by atoms with Crippen molar-refractivity contribution in [3.05, 3.63) is 151 Å². The fraction of sp³-hybridized carbons (Fsp3) is 0.174. The van der Waals surface area contributed by atoms with Gasteiger partial charge in [-0.1, -0.05) is 75.1 Å². The van der Waals surface area contributed by atoms with Crippen molar-refractivity contribution in [2.24, 2.45) is 11.8 Å². The van der Waals surface area contributed by atoms with Gasteiger partial charge in [-0.2, -0.15) is 21.9 Å². The topological polar surface area (TPSA) is 75.0 Å². The first-order valence-corrected chi connectivity index (χ1v) is 17.9. The van der Waals surface area contributed by atoms with Crippen molar-refractivity contribution in [1.82, 2.24) is 24.5 Å². The first kappa shape index (κ1) is 39.7. The number of rotatable bonds is 11. The Labute approximate surface area is 349 Å². The molecule has 0 fully saturated rings. The molecule has 0 unspecified atom stereocenters. The third-order valence-electron chi connectivity index (χ3n) is 8.77. The van der Waals surface area contributed by atoms with E-state index in [1.54, 1.807) is 24.8 Å². The van der Waals surface area contributed by atoms with E-state index in [0.29, 0.717) is 40.8 Å². The summed E-state index contributed by atoms with van der Waals surface area (Å²) in [6.07, 6.45) is 8.70. The maximum atomic E-state index is 6.57. The first-order valence-electron chi connectivity index (χ1n) is 17.9. The first-order chi connectivity index (χ1) is 25.9. The zero-order valence-electron chi connectivity index (χ0n) is 30.7. The minimum Gasteiger partial charge on any atom is -0.503 e. The van der Waals surface area contributed by atoms with Crippen LogP contribution in [0.1, 0.15) is 38.8 Å². The predicted molar refractivity (Wildman–Crippen MR) is 208 cm³/mol. The normalized spacial score (nSPS) is 11.1. The molecule has 0 spiro atoms. The maximum Gasteiger partial charge on any atom is 2.00 e. The van der Waals surface area contributed by atoms with Crippen LogP contribution in [0.5, 0.6) is 23.0 Å². The minimum atomic E-state index is 0. The SMILES string of the molecule is CC(C)Cc1cc(Oc2[c-]c(-c3ccccn3)ccc2)[c-]c2c1c1c(CC(C)C)cc(Oc3[c-]c(-c4ccccn4)ccc3)[c-]c1n2-c1ncccn1.[Pd+2].[Pd+2]. The zero-order chi connectivity index (χ0) is 36.3. The van der Waals surface area contributed by atoms with Gasteiger partial charge in [-0.05, 0) is 54.3 Å². The Bertz CT molecular complexity index is 2370. The molecule has 0 aliphatic heterocycles. The molecule has 4 aromatic heterocycles. The zero-order valence-corrected chi connectivity index (χ0v) is 33.8. The van der Waals surface area contributed by atoms with Gasteiger partial charge in [0.15, 0.2) is 0 Å². The van der Waals surface area contributed by atoms with Crippen LogP contribution in [0.15, 0.2) is 116 Å². The molecular formula is C46H37N5O2Pd2. The molecule has 7 nitrogen and oxygen atoms in total. The summed E-state index contributed by atoms with van der Waals surface area (Å²) in [7, 11) is 0. The number of benzene rings is 4. The van der Waals surface area contributed by atoms with Crippen molar-refractivity contribution in [2.45, 2.75) is 40.5 Å². The van der Waals surface area contributed by atoms with Crippen molar-refractivity contribution in [3.63, 3.8) is 0 Å². The molecule has 4 heterocycles. The summed E-state index contributed by atoms with van der Waals surface area (Å²) >= 11 is 0. The Morgan fingerprint density at radius 2 is 0.964 bits per heavy atom. The van der Waals surface area contributed by atoms with E-state index in [1.807, 2.05) is 83.4 Å². The molecule has 0 aliphatic rings. The molecule has 278 valence electrons. The largest absolute Gasteiger partial charge is 2.00 e. The smallest absolute Gasteiger partial charge is 0.503 e. The van der Waals surface area contributed by atoms with E-state index in [2.05, 4.69) is 74.1 Å². The standard InChI is InChI=1S/C46H37N5O2.2Pd/c1-30(2)22-34-26-38(52-36-14-9-12-32(24-36)40-16-5-7-18-47-40)28-42-44(34)45-35(23-31(3)4)27-39(29-43(45)51(42)46-49-20-11-21-50-46)53-37-15-10-13-33(25-37)41-17-6-8-19-48-41;;/h5-21,26-27,30-31H,22-23H2,1-4H3;;/q-4;2*+2. The molecule has 8 aromatic rings. The van der Waals surface area contributed by atoms with Crippen molar-refractivity contribution in [1.29, 1.82) is 0 Å². The van der Waals surface area contributed by atoms with Crippen LogP contribution >= 0.6 is 0 Å². The maximum absolute atomic E-state index is 6.57. The molecule has 0 N–H and O–H groups in total. The van der Waals surface area contributed by atoms with Crippen molar-refractivity contribution in [3.8, 4) is 51.5 Å². The van der Waals surface area contributed by atoms with E-state index in [-0.39, 0.29) is 40.8 Å². The number of hydrogen-bond donors (Lipinski definition) is 0. The third kappa shape index (κ3) is 8.78. The van der Waals surface area contributed by atoms with E-state index in [0.717, 1.165) is 68.3 Å². The molecule has 8 rings (SSSR count). The van der Waals surface area contributed by atoms with E-state index in [9.17, 15) is 0 Å². The molecule has 0 atom stereocenters. The second kappa shape index (κ2) is 17.6. The number of fused-ring (bicyclic) bond motifs is 3. The van der Waals surface area contributed by atoms with Gasteiger partial charge in [0.1, 0.15) is 0 Å². The Balaban J connectivity index is 0.00000257. The monoisotopic (exact) mass is 903 g/mol. The summed E-state index contributed by atoms with van der Waals surface area (Å²) in [6.45, 7) is 8.93. The number of ether oxygens (including phenoxy) is 2. The quantitative estimate of drug-likeness (QED) is 0.0951. The van der Waals surface area contributed by atoms with E-state index < -0.39 is 0 Å². The number of nitrogens with zero attached hydrogens (tertiary/aromatic N) is 5. The number of aromatic nitrogens is 5. The summed E-state index contributed by atoms with van der Waals surface area (Å²) in [5, 5.41) is 2.17. The Morgan fingerprint density at radius 3 is 1.38 bits per heavy atom. The Morgan fingerprint density at radius 1 is 0.509 bits per heavy atom. The predicted octanol–water partition coefficient (Wildman–Crippen LogP) is 10.9. The molecule has 0 saturated heterocycles. The summed E-state index contributed by atoms with van der Waals surface area (Å²) in [6, 6.07) is 43.4. The molecule has 4 aromatic carbocycles. The Hall–Kier alpha value is -5.02. The molecule has 9 heteroatoms. The number of hydrogen-bond acceptors (Lipinski definition) is 6. The Kier molecular flexibility index (Phi) is 12.7. The molecule has 0 bridgehead atoms. The molecule has 55 heavy (non-hydrogen) atoms. The van der Waals surface area contributed by atoms with Gasteiger partial charge in [0.2, 0.25) is 5.95 Å². The second-order valence-electron chi connectivity index (χ2n) is 13.8. The van der Waals surface area contributed by atoms with Crippen LogP contribution in [0.4, 0.5) is 0 Å². The third-order valence-corrected chi connectivity index (χ3v) is 8.77. The number of pyridine rings is 2. The molecule has 0 aliphatic carbocycles. The molecule has 0 radical (unpaired) electrons. The average Bonchev–Trinajstić information content (AvgIpc) is 3.50. The van der Waals surface area contributed by atoms with Crippen LogP contribution < -0.4 is 9.47 Å². The molecule has 0 amide bonds. The van der Waals surface area contributed by atoms with Crippen LogP contribution in [0.2, 0.25) is 0 Å². The molecule has 0 saturated carbocycles. The summed E-state index contributed by atoms with van der Waals surface area (Å²) in [5.74, 6) is 3.56. The van der Waals surface area contributed by atoms with Crippen LogP contribution in [-0.4, -0.2) is 24.5 Å². The van der Waals surface area contributed by atoms with Crippen LogP contribution in [0, 0.1) is 36.1 Å². The van der Waals surface area contributed by atoms with E-state index in [4.69, 9.17) is 19.4 Å². The van der Waals surface area contributed by atoms with Crippen molar-refractivity contribution in [2.75, 3.05) is 0 Å². The van der Waals surface area contributed by atoms with Crippen LogP contribution in [0.3, 0.4) is 0 Å². The van der Waals surface area contributed by atoms with Crippen LogP contribution in [0.25, 0.3) is 50.3 Å². The molecular weight excluding hydrogens is 867 g/mol. The van der Waals surface area contributed by atoms with Gasteiger partial charge in [-0.3, -0.25) is 0 Å². The summed E-state index contributed by atoms with van der Waals surface area (Å²) in [4.78, 5) is 18.5. The van der Waals surface area contributed by atoms with Gasteiger partial charge in [0, 0.05) is 47.8 Å². The van der Waals surface area contributed by atoms with E-state index in [1.165, 1.54) is 0 Å². The van der Waals surface area contributed by atoms with Crippen molar-refractivity contribution < 1.29 is 50.3 Å². The van der Waals surface area contributed by atoms with Gasteiger partial charge in [-0.15, -0.1) is 71.8 Å². The van der Waals surface area contributed by atoms with Gasteiger partial charge in [0.05, 0.1) is 0 Å². The van der Waals surface area contributed by atoms with Crippen molar-refractivity contribution >= 4 is 21.8 Å². The van der Waals surface area contributed by atoms with Gasteiger partial charge in [-0.25, -0.2) is 9.97 Å². The van der Waals surface area contributed by atoms with Crippen LogP contribution in [-0.2, 0) is 53.7 Å². The van der Waals surface area contributed by atoms with Gasteiger partial charge in [0.25, 0.3) is 0 Å². The summed E-state index contributed by atoms with van der Waals surface area (Å²) in [5.41, 5.74) is 7.26. The minimum absolute atomic E-state index is 0. The fourth-order valence-electron chi connectivity index (χ4n) is 6.71. The average molecular weight is 905 g/mol. The van der Waals surface area contributed by atoms with E-state index >= 15 is 0 Å². The second-order valence-corrected chi connectivity index (χ2v) is 13.8. The summed E-state index contributed by atoms with van der Waals surface area (Å²) < 4.78 is 15.2.